The molecular weight excluding hydrogens is 362 g/mol. The molecular formula is C20H25N3O3S. The summed E-state index contributed by atoms with van der Waals surface area (Å²) in [5, 5.41) is 7.70. The van der Waals surface area contributed by atoms with Gasteiger partial charge < -0.3 is 15.4 Å². The molecule has 2 amide bonds. The van der Waals surface area contributed by atoms with Gasteiger partial charge in [-0.2, -0.15) is 0 Å². The molecule has 3 rings (SSSR count). The number of rotatable bonds is 8. The number of benzene rings is 1. The highest BCUT2D eigenvalue weighted by Gasteiger charge is 2.22. The Hall–Kier alpha value is -2.22. The average Bonchev–Trinajstić information content (AvgIpc) is 3.24. The molecule has 1 aromatic carbocycles. The lowest BCUT2D eigenvalue weighted by Gasteiger charge is -2.27. The predicted octanol–water partition coefficient (Wildman–Crippen LogP) is 1.54. The maximum atomic E-state index is 12.7. The monoisotopic (exact) mass is 387 g/mol. The van der Waals surface area contributed by atoms with Crippen LogP contribution in [-0.2, 0) is 16.0 Å². The Bertz CT molecular complexity index is 715. The number of nitrogens with zero attached hydrogens (tertiary/aromatic N) is 1. The first-order chi connectivity index (χ1) is 13.2. The van der Waals surface area contributed by atoms with Gasteiger partial charge in [0.05, 0.1) is 18.1 Å². The average molecular weight is 388 g/mol. The fraction of sp³-hybridized carbons (Fsp3) is 0.400. The first-order valence-corrected chi connectivity index (χ1v) is 10.1. The van der Waals surface area contributed by atoms with Crippen molar-refractivity contribution >= 4 is 23.2 Å². The second-order valence-corrected chi connectivity index (χ2v) is 7.39. The van der Waals surface area contributed by atoms with Crippen molar-refractivity contribution in [2.24, 2.45) is 0 Å². The summed E-state index contributed by atoms with van der Waals surface area (Å²) in [4.78, 5) is 28.0. The van der Waals surface area contributed by atoms with Gasteiger partial charge in [-0.25, -0.2) is 0 Å². The molecule has 0 bridgehead atoms. The minimum Gasteiger partial charge on any atom is -0.379 e. The first-order valence-electron chi connectivity index (χ1n) is 9.18. The van der Waals surface area contributed by atoms with Crippen LogP contribution in [0.15, 0.2) is 47.8 Å². The van der Waals surface area contributed by atoms with E-state index < -0.39 is 6.04 Å². The smallest absolute Gasteiger partial charge is 0.262 e. The zero-order chi connectivity index (χ0) is 18.9. The van der Waals surface area contributed by atoms with Gasteiger partial charge >= 0.3 is 0 Å². The number of hydrogen-bond donors (Lipinski definition) is 2. The quantitative estimate of drug-likeness (QED) is 0.721. The fourth-order valence-electron chi connectivity index (χ4n) is 2.98. The highest BCUT2D eigenvalue weighted by Crippen LogP contribution is 2.10. The summed E-state index contributed by atoms with van der Waals surface area (Å²) in [7, 11) is 0. The molecule has 1 aliphatic rings. The van der Waals surface area contributed by atoms with Crippen LogP contribution in [0.2, 0.25) is 0 Å². The van der Waals surface area contributed by atoms with Gasteiger partial charge in [-0.15, -0.1) is 11.3 Å². The Labute approximate surface area is 163 Å². The molecule has 27 heavy (non-hydrogen) atoms. The van der Waals surface area contributed by atoms with Gasteiger partial charge in [-0.05, 0) is 17.0 Å². The molecule has 1 aromatic heterocycles. The van der Waals surface area contributed by atoms with E-state index in [2.05, 4.69) is 15.5 Å². The molecule has 1 atom stereocenters. The van der Waals surface area contributed by atoms with Gasteiger partial charge in [-0.3, -0.25) is 14.5 Å². The van der Waals surface area contributed by atoms with E-state index in [1.807, 2.05) is 41.8 Å². The molecule has 7 heteroatoms. The summed E-state index contributed by atoms with van der Waals surface area (Å²) in [6, 6.07) is 12.7. The van der Waals surface area contributed by atoms with Crippen LogP contribution in [0, 0.1) is 0 Å². The van der Waals surface area contributed by atoms with E-state index in [-0.39, 0.29) is 11.8 Å². The van der Waals surface area contributed by atoms with Gasteiger partial charge in [0.1, 0.15) is 6.04 Å². The summed E-state index contributed by atoms with van der Waals surface area (Å²) >= 11 is 1.37. The van der Waals surface area contributed by atoms with Gasteiger partial charge in [0, 0.05) is 32.6 Å². The van der Waals surface area contributed by atoms with Crippen molar-refractivity contribution in [3.63, 3.8) is 0 Å². The summed E-state index contributed by atoms with van der Waals surface area (Å²) in [5.41, 5.74) is 1.01. The van der Waals surface area contributed by atoms with Crippen LogP contribution in [0.25, 0.3) is 0 Å². The summed E-state index contributed by atoms with van der Waals surface area (Å²) in [5.74, 6) is -0.369. The molecule has 1 unspecified atom stereocenters. The third-order valence-corrected chi connectivity index (χ3v) is 5.35. The molecule has 2 N–H and O–H groups in total. The fourth-order valence-corrected chi connectivity index (χ4v) is 3.61. The molecule has 144 valence electrons. The minimum absolute atomic E-state index is 0.156. The lowest BCUT2D eigenvalue weighted by Crippen LogP contribution is -2.49. The number of hydrogen-bond acceptors (Lipinski definition) is 5. The number of carbonyl (C=O) groups excluding carboxylic acids is 2. The zero-order valence-corrected chi connectivity index (χ0v) is 16.0. The molecule has 1 aliphatic heterocycles. The Balaban J connectivity index is 1.57. The molecule has 6 nitrogen and oxygen atoms in total. The van der Waals surface area contributed by atoms with Crippen molar-refractivity contribution in [3.05, 3.63) is 58.3 Å². The highest BCUT2D eigenvalue weighted by atomic mass is 32.1. The van der Waals surface area contributed by atoms with Gasteiger partial charge in [-0.1, -0.05) is 36.4 Å². The Kier molecular flexibility index (Phi) is 7.38. The largest absolute Gasteiger partial charge is 0.379 e. The second-order valence-electron chi connectivity index (χ2n) is 6.44. The first kappa shape index (κ1) is 19.5. The maximum absolute atomic E-state index is 12.7. The van der Waals surface area contributed by atoms with Crippen LogP contribution in [0.5, 0.6) is 0 Å². The number of carbonyl (C=O) groups is 2. The zero-order valence-electron chi connectivity index (χ0n) is 15.2. The summed E-state index contributed by atoms with van der Waals surface area (Å²) in [6.45, 7) is 4.59. The van der Waals surface area contributed by atoms with Crippen molar-refractivity contribution in [3.8, 4) is 0 Å². The number of thiophene rings is 1. The number of ether oxygens (including phenoxy) is 1. The van der Waals surface area contributed by atoms with Crippen LogP contribution < -0.4 is 10.6 Å². The maximum Gasteiger partial charge on any atom is 0.262 e. The lowest BCUT2D eigenvalue weighted by molar-refractivity contribution is -0.123. The van der Waals surface area contributed by atoms with E-state index in [0.29, 0.717) is 17.8 Å². The second kappa shape index (κ2) is 10.2. The molecule has 0 spiro atoms. The standard InChI is InChI=1S/C20H25N3O3S/c24-19(21-8-9-23-10-12-26-13-11-23)17(15-16-5-2-1-3-6-16)22-20(25)18-7-4-14-27-18/h1-7,14,17H,8-13,15H2,(H,21,24)(H,22,25). The topological polar surface area (TPSA) is 70.7 Å². The van der Waals surface area contributed by atoms with Gasteiger partial charge in [0.15, 0.2) is 0 Å². The van der Waals surface area contributed by atoms with Crippen LogP contribution >= 0.6 is 11.3 Å². The normalized spacial score (nSPS) is 15.9. The van der Waals surface area contributed by atoms with Crippen molar-refractivity contribution in [2.45, 2.75) is 12.5 Å². The van der Waals surface area contributed by atoms with Crippen LogP contribution in [0.1, 0.15) is 15.2 Å². The third kappa shape index (κ3) is 6.16. The minimum atomic E-state index is -0.605. The third-order valence-electron chi connectivity index (χ3n) is 4.48. The Morgan fingerprint density at radius 1 is 1.11 bits per heavy atom. The molecule has 1 saturated heterocycles. The van der Waals surface area contributed by atoms with E-state index in [1.54, 1.807) is 6.07 Å². The number of morpholine rings is 1. The molecule has 1 fully saturated rings. The van der Waals surface area contributed by atoms with Crippen LogP contribution in [0.3, 0.4) is 0 Å². The van der Waals surface area contributed by atoms with Crippen molar-refractivity contribution in [1.29, 1.82) is 0 Å². The van der Waals surface area contributed by atoms with Crippen LogP contribution in [-0.4, -0.2) is 62.1 Å². The van der Waals surface area contributed by atoms with Gasteiger partial charge in [0.2, 0.25) is 5.91 Å². The molecule has 2 aromatic rings. The Morgan fingerprint density at radius 3 is 2.59 bits per heavy atom. The lowest BCUT2D eigenvalue weighted by atomic mass is 10.1. The van der Waals surface area contributed by atoms with E-state index in [4.69, 9.17) is 4.74 Å². The van der Waals surface area contributed by atoms with E-state index >= 15 is 0 Å². The van der Waals surface area contributed by atoms with E-state index in [9.17, 15) is 9.59 Å². The summed E-state index contributed by atoms with van der Waals surface area (Å²) < 4.78 is 5.34. The van der Waals surface area contributed by atoms with Crippen molar-refractivity contribution < 1.29 is 14.3 Å². The van der Waals surface area contributed by atoms with Crippen LogP contribution in [0.4, 0.5) is 0 Å². The Morgan fingerprint density at radius 2 is 1.89 bits per heavy atom. The van der Waals surface area contributed by atoms with E-state index in [1.165, 1.54) is 11.3 Å². The number of amides is 2. The van der Waals surface area contributed by atoms with Crippen molar-refractivity contribution in [2.75, 3.05) is 39.4 Å². The highest BCUT2D eigenvalue weighted by molar-refractivity contribution is 7.12. The molecule has 2 heterocycles. The predicted molar refractivity (Wildman–Crippen MR) is 106 cm³/mol. The molecule has 0 aliphatic carbocycles. The number of nitrogens with one attached hydrogen (secondary N) is 2. The molecule has 0 saturated carbocycles. The summed E-state index contributed by atoms with van der Waals surface area (Å²) in [6.07, 6.45) is 0.460. The van der Waals surface area contributed by atoms with Crippen molar-refractivity contribution in [1.82, 2.24) is 15.5 Å². The SMILES string of the molecule is O=C(NC(Cc1ccccc1)C(=O)NCCN1CCOCC1)c1cccs1. The molecule has 0 radical (unpaired) electrons. The van der Waals surface area contributed by atoms with E-state index in [0.717, 1.165) is 38.4 Å². The van der Waals surface area contributed by atoms with Gasteiger partial charge in [0.25, 0.3) is 5.91 Å².